The van der Waals surface area contributed by atoms with Gasteiger partial charge in [-0.05, 0) is 69.3 Å². The van der Waals surface area contributed by atoms with E-state index in [9.17, 15) is 0 Å². The number of likely N-dealkylation sites (tertiary alicyclic amines) is 1. The van der Waals surface area contributed by atoms with E-state index in [0.29, 0.717) is 5.92 Å². The van der Waals surface area contributed by atoms with E-state index in [1.807, 2.05) is 12.1 Å². The van der Waals surface area contributed by atoms with Crippen LogP contribution in [0.4, 0.5) is 0 Å². The van der Waals surface area contributed by atoms with Crippen LogP contribution >= 0.6 is 11.6 Å². The lowest BCUT2D eigenvalue weighted by Gasteiger charge is -2.27. The Morgan fingerprint density at radius 1 is 1.14 bits per heavy atom. The fourth-order valence-electron chi connectivity index (χ4n) is 3.94. The van der Waals surface area contributed by atoms with Gasteiger partial charge in [0, 0.05) is 11.6 Å². The summed E-state index contributed by atoms with van der Waals surface area (Å²) in [6.07, 6.45) is 9.53. The van der Waals surface area contributed by atoms with Crippen molar-refractivity contribution < 1.29 is 4.74 Å². The molecule has 1 saturated carbocycles. The molecule has 1 atom stereocenters. The van der Waals surface area contributed by atoms with Crippen LogP contribution in [-0.4, -0.2) is 30.6 Å². The van der Waals surface area contributed by atoms with Gasteiger partial charge in [0.1, 0.15) is 11.9 Å². The molecule has 3 rings (SSSR count). The standard InChI is InChI=1S/C19H28ClNO/c1-15(14-21-11-5-6-12-21)22-19-13-17(20)9-10-18(19)16-7-3-2-4-8-16/h9-10,13,15-16H,2-8,11-12,14H2,1H3. The third-order valence-electron chi connectivity index (χ3n) is 5.06. The molecule has 0 bridgehead atoms. The van der Waals surface area contributed by atoms with Crippen LogP contribution in [0, 0.1) is 0 Å². The predicted molar refractivity (Wildman–Crippen MR) is 93.0 cm³/mol. The maximum Gasteiger partial charge on any atom is 0.124 e. The number of hydrogen-bond acceptors (Lipinski definition) is 2. The van der Waals surface area contributed by atoms with Gasteiger partial charge in [0.25, 0.3) is 0 Å². The minimum absolute atomic E-state index is 0.221. The quantitative estimate of drug-likeness (QED) is 0.734. The first-order chi connectivity index (χ1) is 10.7. The van der Waals surface area contributed by atoms with Crippen molar-refractivity contribution in [2.24, 2.45) is 0 Å². The Hall–Kier alpha value is -0.730. The van der Waals surface area contributed by atoms with E-state index in [4.69, 9.17) is 16.3 Å². The van der Waals surface area contributed by atoms with E-state index in [2.05, 4.69) is 17.9 Å². The molecule has 0 N–H and O–H groups in total. The second-order valence-electron chi connectivity index (χ2n) is 6.95. The molecule has 0 spiro atoms. The van der Waals surface area contributed by atoms with Crippen LogP contribution < -0.4 is 4.74 Å². The van der Waals surface area contributed by atoms with Crippen LogP contribution in [0.1, 0.15) is 63.4 Å². The highest BCUT2D eigenvalue weighted by Gasteiger charge is 2.21. The maximum atomic E-state index is 6.32. The Bertz CT molecular complexity index is 478. The minimum atomic E-state index is 0.221. The molecule has 2 aliphatic rings. The number of rotatable bonds is 5. The molecule has 1 saturated heterocycles. The number of ether oxygens (including phenoxy) is 1. The Labute approximate surface area is 139 Å². The van der Waals surface area contributed by atoms with Gasteiger partial charge >= 0.3 is 0 Å². The van der Waals surface area contributed by atoms with Crippen LogP contribution in [0.25, 0.3) is 0 Å². The largest absolute Gasteiger partial charge is 0.489 e. The van der Waals surface area contributed by atoms with Crippen molar-refractivity contribution in [2.45, 2.75) is 63.9 Å². The van der Waals surface area contributed by atoms with Gasteiger partial charge in [0.2, 0.25) is 0 Å². The van der Waals surface area contributed by atoms with Crippen LogP contribution in [0.5, 0.6) is 5.75 Å². The summed E-state index contributed by atoms with van der Waals surface area (Å²) in [5.41, 5.74) is 1.37. The summed E-state index contributed by atoms with van der Waals surface area (Å²) in [6, 6.07) is 6.23. The molecular weight excluding hydrogens is 294 g/mol. The topological polar surface area (TPSA) is 12.5 Å². The van der Waals surface area contributed by atoms with Crippen molar-refractivity contribution in [2.75, 3.05) is 19.6 Å². The normalized spacial score (nSPS) is 21.9. The third-order valence-corrected chi connectivity index (χ3v) is 5.30. The second kappa shape index (κ2) is 7.70. The zero-order valence-electron chi connectivity index (χ0n) is 13.7. The van der Waals surface area contributed by atoms with Crippen LogP contribution in [-0.2, 0) is 0 Å². The van der Waals surface area contributed by atoms with Crippen molar-refractivity contribution >= 4 is 11.6 Å². The van der Waals surface area contributed by atoms with E-state index in [1.54, 1.807) is 0 Å². The highest BCUT2D eigenvalue weighted by Crippen LogP contribution is 2.39. The molecule has 122 valence electrons. The molecule has 2 nitrogen and oxygen atoms in total. The van der Waals surface area contributed by atoms with Gasteiger partial charge in [0.05, 0.1) is 0 Å². The smallest absolute Gasteiger partial charge is 0.124 e. The van der Waals surface area contributed by atoms with Crippen LogP contribution in [0.2, 0.25) is 5.02 Å². The number of benzene rings is 1. The van der Waals surface area contributed by atoms with Gasteiger partial charge in [0.15, 0.2) is 0 Å². The molecule has 1 unspecified atom stereocenters. The van der Waals surface area contributed by atoms with Crippen molar-refractivity contribution in [1.29, 1.82) is 0 Å². The van der Waals surface area contributed by atoms with Crippen LogP contribution in [0.3, 0.4) is 0 Å². The van der Waals surface area contributed by atoms with Gasteiger partial charge < -0.3 is 4.74 Å². The number of nitrogens with zero attached hydrogens (tertiary/aromatic N) is 1. The first-order valence-corrected chi connectivity index (χ1v) is 9.28. The fourth-order valence-corrected chi connectivity index (χ4v) is 4.11. The molecule has 1 aliphatic heterocycles. The molecule has 1 aliphatic carbocycles. The molecule has 1 aromatic carbocycles. The van der Waals surface area contributed by atoms with E-state index in [-0.39, 0.29) is 6.10 Å². The van der Waals surface area contributed by atoms with Crippen molar-refractivity contribution in [3.05, 3.63) is 28.8 Å². The summed E-state index contributed by atoms with van der Waals surface area (Å²) in [7, 11) is 0. The van der Waals surface area contributed by atoms with Gasteiger partial charge in [-0.2, -0.15) is 0 Å². The first kappa shape index (κ1) is 16.1. The molecular formula is C19H28ClNO. The highest BCUT2D eigenvalue weighted by atomic mass is 35.5. The molecule has 0 radical (unpaired) electrons. The maximum absolute atomic E-state index is 6.32. The average molecular weight is 322 g/mol. The molecule has 1 aromatic rings. The highest BCUT2D eigenvalue weighted by molar-refractivity contribution is 6.30. The zero-order chi connectivity index (χ0) is 15.4. The molecule has 2 fully saturated rings. The minimum Gasteiger partial charge on any atom is -0.489 e. The monoisotopic (exact) mass is 321 g/mol. The van der Waals surface area contributed by atoms with Crippen LogP contribution in [0.15, 0.2) is 18.2 Å². The lowest BCUT2D eigenvalue weighted by molar-refractivity contribution is 0.159. The third kappa shape index (κ3) is 4.17. The van der Waals surface area contributed by atoms with E-state index >= 15 is 0 Å². The molecule has 0 aromatic heterocycles. The summed E-state index contributed by atoms with van der Waals surface area (Å²) >= 11 is 6.22. The van der Waals surface area contributed by atoms with E-state index < -0.39 is 0 Å². The first-order valence-electron chi connectivity index (χ1n) is 8.91. The number of halogens is 1. The average Bonchev–Trinajstić information content (AvgIpc) is 3.01. The lowest BCUT2D eigenvalue weighted by atomic mass is 9.84. The van der Waals surface area contributed by atoms with Crippen molar-refractivity contribution in [1.82, 2.24) is 4.90 Å². The molecule has 22 heavy (non-hydrogen) atoms. The molecule has 1 heterocycles. The van der Waals surface area contributed by atoms with E-state index in [0.717, 1.165) is 17.3 Å². The summed E-state index contributed by atoms with van der Waals surface area (Å²) in [5.74, 6) is 1.67. The van der Waals surface area contributed by atoms with Gasteiger partial charge in [-0.1, -0.05) is 36.9 Å². The fraction of sp³-hybridized carbons (Fsp3) is 0.684. The molecule has 0 amide bonds. The zero-order valence-corrected chi connectivity index (χ0v) is 14.4. The van der Waals surface area contributed by atoms with Gasteiger partial charge in [-0.25, -0.2) is 0 Å². The number of hydrogen-bond donors (Lipinski definition) is 0. The summed E-state index contributed by atoms with van der Waals surface area (Å²) in [4.78, 5) is 2.51. The summed E-state index contributed by atoms with van der Waals surface area (Å²) in [5, 5.41) is 0.780. The van der Waals surface area contributed by atoms with Crippen molar-refractivity contribution in [3.63, 3.8) is 0 Å². The SMILES string of the molecule is CC(CN1CCCC1)Oc1cc(Cl)ccc1C1CCCCC1. The second-order valence-corrected chi connectivity index (χ2v) is 7.39. The van der Waals surface area contributed by atoms with E-state index in [1.165, 1.54) is 63.6 Å². The Kier molecular flexibility index (Phi) is 5.65. The Balaban J connectivity index is 1.69. The Morgan fingerprint density at radius 2 is 1.86 bits per heavy atom. The lowest BCUT2D eigenvalue weighted by Crippen LogP contribution is -2.32. The van der Waals surface area contributed by atoms with Crippen molar-refractivity contribution in [3.8, 4) is 5.75 Å². The van der Waals surface area contributed by atoms with Gasteiger partial charge in [-0.15, -0.1) is 0 Å². The van der Waals surface area contributed by atoms with Gasteiger partial charge in [-0.3, -0.25) is 4.90 Å². The predicted octanol–water partition coefficient (Wildman–Crippen LogP) is 5.25. The summed E-state index contributed by atoms with van der Waals surface area (Å²) in [6.45, 7) is 5.65. The summed E-state index contributed by atoms with van der Waals surface area (Å²) < 4.78 is 6.32. The molecule has 3 heteroatoms. The Morgan fingerprint density at radius 3 is 2.59 bits per heavy atom.